The van der Waals surface area contributed by atoms with E-state index in [1.807, 2.05) is 25.8 Å². The van der Waals surface area contributed by atoms with E-state index in [-0.39, 0.29) is 35.6 Å². The number of amides is 4. The van der Waals surface area contributed by atoms with Crippen molar-refractivity contribution in [2.75, 3.05) is 13.6 Å². The van der Waals surface area contributed by atoms with Gasteiger partial charge in [-0.05, 0) is 63.2 Å². The standard InChI is InChI=1S/C24H42N4O3/c1-6-7-15(3)22(29)27-24(31)26-18-9-8-14(2)19(12-18)20-11-17-13-25-16(4)10-21(17)28(5)23(20)30/h14-21,25H,6-13H2,1-5H3,(H2,26,27,29,31). The number of nitrogens with one attached hydrogen (secondary N) is 3. The van der Waals surface area contributed by atoms with E-state index in [1.54, 1.807) is 0 Å². The molecule has 8 atom stereocenters. The second kappa shape index (κ2) is 10.3. The number of likely N-dealkylation sites (tertiary alicyclic amines) is 1. The Labute approximate surface area is 187 Å². The number of piperidine rings is 2. The molecular weight excluding hydrogens is 392 g/mol. The highest BCUT2D eigenvalue weighted by atomic mass is 16.2. The Morgan fingerprint density at radius 3 is 2.65 bits per heavy atom. The molecule has 0 bridgehead atoms. The van der Waals surface area contributed by atoms with Crippen LogP contribution in [0.5, 0.6) is 0 Å². The molecule has 0 aromatic carbocycles. The lowest BCUT2D eigenvalue weighted by atomic mass is 9.65. The predicted molar refractivity (Wildman–Crippen MR) is 121 cm³/mol. The van der Waals surface area contributed by atoms with Crippen molar-refractivity contribution in [1.29, 1.82) is 0 Å². The van der Waals surface area contributed by atoms with E-state index in [0.717, 1.165) is 51.5 Å². The molecule has 3 aliphatic rings. The fourth-order valence-electron chi connectivity index (χ4n) is 6.12. The van der Waals surface area contributed by atoms with Gasteiger partial charge in [0, 0.05) is 43.6 Å². The van der Waals surface area contributed by atoms with Gasteiger partial charge in [-0.3, -0.25) is 14.9 Å². The molecule has 2 heterocycles. The summed E-state index contributed by atoms with van der Waals surface area (Å²) in [5, 5.41) is 9.11. The highest BCUT2D eigenvalue weighted by Crippen LogP contribution is 2.43. The Balaban J connectivity index is 1.60. The van der Waals surface area contributed by atoms with Crippen LogP contribution in [-0.4, -0.2) is 54.5 Å². The van der Waals surface area contributed by atoms with Crippen LogP contribution in [0.3, 0.4) is 0 Å². The monoisotopic (exact) mass is 434 g/mol. The molecule has 8 unspecified atom stereocenters. The number of rotatable bonds is 5. The molecule has 4 amide bonds. The fraction of sp³-hybridized carbons (Fsp3) is 0.875. The number of hydrogen-bond donors (Lipinski definition) is 3. The van der Waals surface area contributed by atoms with Crippen LogP contribution in [0.2, 0.25) is 0 Å². The summed E-state index contributed by atoms with van der Waals surface area (Å²) in [6, 6.07) is 0.408. The second-order valence-electron chi connectivity index (χ2n) is 10.5. The highest BCUT2D eigenvalue weighted by Gasteiger charge is 2.47. The lowest BCUT2D eigenvalue weighted by Gasteiger charge is -2.50. The maximum absolute atomic E-state index is 13.3. The number of carbonyl (C=O) groups excluding carboxylic acids is 3. The first-order valence-corrected chi connectivity index (χ1v) is 12.3. The van der Waals surface area contributed by atoms with Crippen LogP contribution >= 0.6 is 0 Å². The first-order chi connectivity index (χ1) is 14.7. The summed E-state index contributed by atoms with van der Waals surface area (Å²) in [5.41, 5.74) is 0. The van der Waals surface area contributed by atoms with Crippen LogP contribution in [0.4, 0.5) is 4.79 Å². The van der Waals surface area contributed by atoms with Gasteiger partial charge < -0.3 is 15.5 Å². The Morgan fingerprint density at radius 2 is 1.94 bits per heavy atom. The molecule has 1 saturated carbocycles. The molecule has 3 fully saturated rings. The molecule has 2 saturated heterocycles. The van der Waals surface area contributed by atoms with Gasteiger partial charge in [0.1, 0.15) is 0 Å². The molecule has 0 spiro atoms. The van der Waals surface area contributed by atoms with E-state index in [2.05, 4.69) is 29.8 Å². The Hall–Kier alpha value is -1.63. The van der Waals surface area contributed by atoms with Crippen LogP contribution in [0.25, 0.3) is 0 Å². The number of carbonyl (C=O) groups is 3. The van der Waals surface area contributed by atoms with E-state index in [4.69, 9.17) is 0 Å². The molecule has 3 N–H and O–H groups in total. The van der Waals surface area contributed by atoms with Gasteiger partial charge in [0.05, 0.1) is 0 Å². The third kappa shape index (κ3) is 5.60. The molecule has 0 aromatic rings. The molecular formula is C24H42N4O3. The Bertz CT molecular complexity index is 669. The summed E-state index contributed by atoms with van der Waals surface area (Å²) >= 11 is 0. The summed E-state index contributed by atoms with van der Waals surface area (Å²) in [6.07, 6.45) is 6.34. The summed E-state index contributed by atoms with van der Waals surface area (Å²) in [7, 11) is 1.98. The molecule has 0 aromatic heterocycles. The summed E-state index contributed by atoms with van der Waals surface area (Å²) in [5.74, 6) is 1.16. The number of imide groups is 1. The first-order valence-electron chi connectivity index (χ1n) is 12.3. The number of hydrogen-bond acceptors (Lipinski definition) is 4. The van der Waals surface area contributed by atoms with Gasteiger partial charge in [-0.2, -0.15) is 0 Å². The molecule has 1 aliphatic carbocycles. The van der Waals surface area contributed by atoms with Crippen molar-refractivity contribution in [1.82, 2.24) is 20.9 Å². The molecule has 7 nitrogen and oxygen atoms in total. The minimum absolute atomic E-state index is 0.0100. The summed E-state index contributed by atoms with van der Waals surface area (Å²) in [6.45, 7) is 9.30. The van der Waals surface area contributed by atoms with Crippen molar-refractivity contribution in [3.05, 3.63) is 0 Å². The summed E-state index contributed by atoms with van der Waals surface area (Å²) in [4.78, 5) is 39.9. The Morgan fingerprint density at radius 1 is 1.19 bits per heavy atom. The van der Waals surface area contributed by atoms with Crippen LogP contribution < -0.4 is 16.0 Å². The zero-order valence-corrected chi connectivity index (χ0v) is 19.9. The van der Waals surface area contributed by atoms with Crippen LogP contribution in [0.1, 0.15) is 72.6 Å². The van der Waals surface area contributed by atoms with Crippen molar-refractivity contribution < 1.29 is 14.4 Å². The van der Waals surface area contributed by atoms with Gasteiger partial charge in [-0.1, -0.05) is 27.2 Å². The maximum Gasteiger partial charge on any atom is 0.321 e. The van der Waals surface area contributed by atoms with Gasteiger partial charge >= 0.3 is 6.03 Å². The largest absolute Gasteiger partial charge is 0.342 e. The van der Waals surface area contributed by atoms with Crippen molar-refractivity contribution >= 4 is 17.8 Å². The van der Waals surface area contributed by atoms with Gasteiger partial charge in [0.2, 0.25) is 11.8 Å². The molecule has 0 radical (unpaired) electrons. The quantitative estimate of drug-likeness (QED) is 0.621. The van der Waals surface area contributed by atoms with Gasteiger partial charge in [-0.25, -0.2) is 4.79 Å². The molecule has 3 rings (SSSR count). The minimum Gasteiger partial charge on any atom is -0.342 e. The van der Waals surface area contributed by atoms with E-state index in [9.17, 15) is 14.4 Å². The number of nitrogens with zero attached hydrogens (tertiary/aromatic N) is 1. The lowest BCUT2D eigenvalue weighted by Crippen LogP contribution is -2.60. The third-order valence-corrected chi connectivity index (χ3v) is 8.10. The fourth-order valence-corrected chi connectivity index (χ4v) is 6.12. The molecule has 2 aliphatic heterocycles. The zero-order chi connectivity index (χ0) is 22.7. The SMILES string of the molecule is CCCC(C)C(=O)NC(=O)NC1CCC(C)C(C2CC3CNC(C)CC3N(C)C2=O)C1. The van der Waals surface area contributed by atoms with Crippen molar-refractivity contribution in [3.63, 3.8) is 0 Å². The van der Waals surface area contributed by atoms with E-state index < -0.39 is 6.03 Å². The second-order valence-corrected chi connectivity index (χ2v) is 10.5. The average Bonchev–Trinajstić information content (AvgIpc) is 2.72. The normalized spacial score (nSPS) is 37.0. The van der Waals surface area contributed by atoms with Crippen LogP contribution in [0, 0.1) is 29.6 Å². The van der Waals surface area contributed by atoms with Crippen molar-refractivity contribution in [2.45, 2.75) is 90.8 Å². The molecule has 7 heteroatoms. The zero-order valence-electron chi connectivity index (χ0n) is 19.9. The number of fused-ring (bicyclic) bond motifs is 1. The minimum atomic E-state index is -0.399. The van der Waals surface area contributed by atoms with Crippen LogP contribution in [-0.2, 0) is 9.59 Å². The van der Waals surface area contributed by atoms with Gasteiger partial charge in [-0.15, -0.1) is 0 Å². The van der Waals surface area contributed by atoms with Crippen molar-refractivity contribution in [2.24, 2.45) is 29.6 Å². The molecule has 31 heavy (non-hydrogen) atoms. The Kier molecular flexibility index (Phi) is 8.00. The predicted octanol–water partition coefficient (Wildman–Crippen LogP) is 2.90. The highest BCUT2D eigenvalue weighted by molar-refractivity contribution is 5.95. The smallest absolute Gasteiger partial charge is 0.321 e. The average molecular weight is 435 g/mol. The first kappa shape index (κ1) is 24.0. The van der Waals surface area contributed by atoms with Gasteiger partial charge in [0.25, 0.3) is 0 Å². The summed E-state index contributed by atoms with van der Waals surface area (Å²) < 4.78 is 0. The lowest BCUT2D eigenvalue weighted by molar-refractivity contribution is -0.148. The van der Waals surface area contributed by atoms with Crippen molar-refractivity contribution in [3.8, 4) is 0 Å². The van der Waals surface area contributed by atoms with E-state index >= 15 is 0 Å². The maximum atomic E-state index is 13.3. The van der Waals surface area contributed by atoms with Crippen LogP contribution in [0.15, 0.2) is 0 Å². The molecule has 176 valence electrons. The topological polar surface area (TPSA) is 90.5 Å². The number of urea groups is 1. The third-order valence-electron chi connectivity index (χ3n) is 8.10. The van der Waals surface area contributed by atoms with E-state index in [1.165, 1.54) is 0 Å². The van der Waals surface area contributed by atoms with E-state index in [0.29, 0.717) is 23.9 Å². The van der Waals surface area contributed by atoms with Gasteiger partial charge in [0.15, 0.2) is 0 Å².